The Bertz CT molecular complexity index is 560. The van der Waals surface area contributed by atoms with Crippen LogP contribution in [0.15, 0.2) is 28.1 Å². The van der Waals surface area contributed by atoms with Crippen LogP contribution >= 0.6 is 26.6 Å². The van der Waals surface area contributed by atoms with Crippen LogP contribution < -0.4 is 4.74 Å². The highest BCUT2D eigenvalue weighted by Crippen LogP contribution is 2.31. The minimum Gasteiger partial charge on any atom is -0.484 e. The highest BCUT2D eigenvalue weighted by Gasteiger charge is 2.22. The van der Waals surface area contributed by atoms with Gasteiger partial charge in [-0.15, -0.1) is 0 Å². The Morgan fingerprint density at radius 3 is 2.53 bits per heavy atom. The summed E-state index contributed by atoms with van der Waals surface area (Å²) in [7, 11) is 0.744. The normalized spacial score (nSPS) is 11.3. The van der Waals surface area contributed by atoms with Crippen LogP contribution in [0.2, 0.25) is 0 Å². The number of benzene rings is 1. The molecule has 1 aromatic rings. The smallest absolute Gasteiger partial charge is 0.265 e. The zero-order valence-corrected chi connectivity index (χ0v) is 11.4. The maximum Gasteiger partial charge on any atom is 0.265 e. The monoisotopic (exact) mass is 346 g/mol. The molecule has 1 rings (SSSR count). The first-order valence-electron chi connectivity index (χ1n) is 4.11. The van der Waals surface area contributed by atoms with E-state index in [1.165, 1.54) is 0 Å². The zero-order chi connectivity index (χ0) is 13.2. The molecule has 94 valence electrons. The first kappa shape index (κ1) is 14.4. The Morgan fingerprint density at radius 1 is 1.47 bits per heavy atom. The molecule has 0 atom stereocenters. The lowest BCUT2D eigenvalue weighted by molar-refractivity contribution is 0.328. The summed E-state index contributed by atoms with van der Waals surface area (Å²) in [5, 5.41) is 0. The van der Waals surface area contributed by atoms with Crippen molar-refractivity contribution in [3.63, 3.8) is 0 Å². The molecule has 0 aliphatic rings. The van der Waals surface area contributed by atoms with E-state index in [1.807, 2.05) is 0 Å². The number of hydrogen-bond donors (Lipinski definition) is 0. The topological polar surface area (TPSA) is 43.4 Å². The molecule has 0 aromatic heterocycles. The van der Waals surface area contributed by atoms with Gasteiger partial charge >= 0.3 is 0 Å². The van der Waals surface area contributed by atoms with Gasteiger partial charge in [-0.3, -0.25) is 0 Å². The van der Waals surface area contributed by atoms with Gasteiger partial charge in [0.1, 0.15) is 17.3 Å². The van der Waals surface area contributed by atoms with E-state index < -0.39 is 31.3 Å². The Morgan fingerprint density at radius 2 is 2.06 bits per heavy atom. The van der Waals surface area contributed by atoms with Gasteiger partial charge in [-0.2, -0.15) is 0 Å². The van der Waals surface area contributed by atoms with Gasteiger partial charge in [0.05, 0.1) is 0 Å². The van der Waals surface area contributed by atoms with E-state index in [4.69, 9.17) is 15.4 Å². The van der Waals surface area contributed by atoms with Gasteiger partial charge in [-0.25, -0.2) is 17.2 Å². The molecule has 0 radical (unpaired) electrons. The highest BCUT2D eigenvalue weighted by molar-refractivity contribution is 9.11. The van der Waals surface area contributed by atoms with Gasteiger partial charge in [-0.05, 0) is 6.07 Å². The van der Waals surface area contributed by atoms with E-state index in [9.17, 15) is 17.2 Å². The third-order valence-electron chi connectivity index (χ3n) is 1.61. The third-order valence-corrected chi connectivity index (χ3v) is 3.17. The molecular formula is C9H6BrClF2O3S. The molecule has 0 unspecified atom stereocenters. The first-order valence-corrected chi connectivity index (χ1v) is 7.22. The van der Waals surface area contributed by atoms with Crippen molar-refractivity contribution in [2.45, 2.75) is 4.90 Å². The van der Waals surface area contributed by atoms with Crippen LogP contribution in [0, 0.1) is 11.6 Å². The lowest BCUT2D eigenvalue weighted by atomic mass is 10.3. The minimum absolute atomic E-state index is 0.179. The van der Waals surface area contributed by atoms with Crippen molar-refractivity contribution in [3.05, 3.63) is 34.8 Å². The quantitative estimate of drug-likeness (QED) is 0.786. The fourth-order valence-electron chi connectivity index (χ4n) is 1.01. The fraction of sp³-hybridized carbons (Fsp3) is 0.111. The Balaban J connectivity index is 3.31. The van der Waals surface area contributed by atoms with Crippen LogP contribution in [0.5, 0.6) is 5.75 Å². The first-order chi connectivity index (χ1) is 7.71. The van der Waals surface area contributed by atoms with Crippen molar-refractivity contribution in [3.8, 4) is 5.75 Å². The molecular weight excluding hydrogens is 342 g/mol. The number of rotatable bonds is 4. The summed E-state index contributed by atoms with van der Waals surface area (Å²) in [4.78, 5) is -0.759. The van der Waals surface area contributed by atoms with E-state index >= 15 is 0 Å². The van der Waals surface area contributed by atoms with Gasteiger partial charge in [0, 0.05) is 21.2 Å². The van der Waals surface area contributed by atoms with Crippen LogP contribution in [-0.4, -0.2) is 15.0 Å². The van der Waals surface area contributed by atoms with E-state index in [0.29, 0.717) is 16.6 Å². The summed E-state index contributed by atoms with van der Waals surface area (Å²) in [5.74, 6) is -2.85. The molecule has 0 heterocycles. The van der Waals surface area contributed by atoms with E-state index in [0.717, 1.165) is 0 Å². The molecule has 0 N–H and O–H groups in total. The largest absolute Gasteiger partial charge is 0.484 e. The molecule has 3 nitrogen and oxygen atoms in total. The molecule has 1 aromatic carbocycles. The third kappa shape index (κ3) is 3.93. The second-order valence-corrected chi connectivity index (χ2v) is 6.61. The van der Waals surface area contributed by atoms with Crippen molar-refractivity contribution in [2.24, 2.45) is 0 Å². The molecule has 0 bridgehead atoms. The Hall–Kier alpha value is -0.660. The summed E-state index contributed by atoms with van der Waals surface area (Å²) >= 11 is 2.95. The molecule has 0 saturated carbocycles. The standard InChI is InChI=1S/C9H6BrClF2O3S/c1-5(10)4-16-9-7(13)2-6(12)3-8(9)17(11,14)15/h2-3H,1,4H2. The van der Waals surface area contributed by atoms with E-state index in [2.05, 4.69) is 22.5 Å². The van der Waals surface area contributed by atoms with Crippen LogP contribution in [0.4, 0.5) is 8.78 Å². The van der Waals surface area contributed by atoms with Gasteiger partial charge in [0.25, 0.3) is 9.05 Å². The predicted molar refractivity (Wildman–Crippen MR) is 63.0 cm³/mol. The van der Waals surface area contributed by atoms with E-state index in [1.54, 1.807) is 0 Å². The maximum absolute atomic E-state index is 13.4. The summed E-state index contributed by atoms with van der Waals surface area (Å²) in [6, 6.07) is 1.08. The molecule has 0 aliphatic heterocycles. The molecule has 8 heteroatoms. The molecule has 0 fully saturated rings. The number of ether oxygens (including phenoxy) is 1. The van der Waals surface area contributed by atoms with Gasteiger partial charge in [0.2, 0.25) is 0 Å². The van der Waals surface area contributed by atoms with Gasteiger partial charge in [-0.1, -0.05) is 22.5 Å². The van der Waals surface area contributed by atoms with Crippen molar-refractivity contribution in [1.29, 1.82) is 0 Å². The van der Waals surface area contributed by atoms with Crippen LogP contribution in [0.25, 0.3) is 0 Å². The summed E-state index contributed by atoms with van der Waals surface area (Å²) < 4.78 is 53.7. The average Bonchev–Trinajstić information content (AvgIpc) is 2.13. The predicted octanol–water partition coefficient (Wildman–Crippen LogP) is 3.18. The van der Waals surface area contributed by atoms with Crippen molar-refractivity contribution in [1.82, 2.24) is 0 Å². The van der Waals surface area contributed by atoms with Gasteiger partial charge < -0.3 is 4.74 Å². The lowest BCUT2D eigenvalue weighted by Crippen LogP contribution is -2.04. The van der Waals surface area contributed by atoms with Crippen molar-refractivity contribution >= 4 is 35.7 Å². The van der Waals surface area contributed by atoms with E-state index in [-0.39, 0.29) is 6.61 Å². The highest BCUT2D eigenvalue weighted by atomic mass is 79.9. The second kappa shape index (κ2) is 5.32. The van der Waals surface area contributed by atoms with Crippen LogP contribution in [0.1, 0.15) is 0 Å². The number of halogens is 4. The Kier molecular flexibility index (Phi) is 4.51. The molecule has 0 spiro atoms. The fourth-order valence-corrected chi connectivity index (χ4v) is 2.10. The minimum atomic E-state index is -4.30. The lowest BCUT2D eigenvalue weighted by Gasteiger charge is -2.10. The second-order valence-electron chi connectivity index (χ2n) is 2.96. The number of hydrogen-bond acceptors (Lipinski definition) is 3. The molecule has 17 heavy (non-hydrogen) atoms. The van der Waals surface area contributed by atoms with Crippen LogP contribution in [-0.2, 0) is 9.05 Å². The molecule has 0 saturated heterocycles. The molecule has 0 aliphatic carbocycles. The Labute approximate surface area is 110 Å². The molecule has 0 amide bonds. The SMILES string of the molecule is C=C(Br)COc1c(F)cc(F)cc1S(=O)(=O)Cl. The average molecular weight is 348 g/mol. The summed E-state index contributed by atoms with van der Waals surface area (Å²) in [6.45, 7) is 3.24. The van der Waals surface area contributed by atoms with Crippen molar-refractivity contribution in [2.75, 3.05) is 6.61 Å². The van der Waals surface area contributed by atoms with Gasteiger partial charge in [0.15, 0.2) is 11.6 Å². The summed E-state index contributed by atoms with van der Waals surface area (Å²) in [6.07, 6.45) is 0. The zero-order valence-electron chi connectivity index (χ0n) is 8.21. The van der Waals surface area contributed by atoms with Crippen LogP contribution in [0.3, 0.4) is 0 Å². The maximum atomic E-state index is 13.4. The van der Waals surface area contributed by atoms with Crippen molar-refractivity contribution < 1.29 is 21.9 Å². The summed E-state index contributed by atoms with van der Waals surface area (Å²) in [5.41, 5.74) is 0.